The number of aliphatic hydroxyl groups is 6. The van der Waals surface area contributed by atoms with Crippen LogP contribution in [0.3, 0.4) is 0 Å². The first-order chi connectivity index (χ1) is 59.7. The summed E-state index contributed by atoms with van der Waals surface area (Å²) < 4.78 is 165. The van der Waals surface area contributed by atoms with Gasteiger partial charge >= 0.3 is 0 Å². The average Bonchev–Trinajstić information content (AvgIpc) is 1.57. The largest absolute Gasteiger partial charge is 0.393 e. The second-order valence-corrected chi connectivity index (χ2v) is 41.5. The summed E-state index contributed by atoms with van der Waals surface area (Å²) in [6, 6.07) is 0. The fourth-order valence-electron chi connectivity index (χ4n) is 22.2. The molecular weight excluding hydrogens is 1670 g/mol. The standard InChI is InChI=1S/2C13H24O4.2C12H22O5.2C12H22O4.C10H20O4.C10H18O3.CH4.H2/c2*1-7-13(8(2)3)10(14-6)9-11(17-13)16-12(4,5)15-9;2*1-6-12(7(2)13)9(14-5)8-10(17-12)16-11(3,4)15-8;2*1-6-12(7(2)3)9(13)8-10(16-12)15-11(4,5)14-8;1-6(2)10(5-11)9(13-4)8(12)7(3)14-10;1-6(2)10-5-12-8(7(3)13-10)9(10)11-4;;/h2*8-11H,7H2,1-6H3;2*7-10,13H,6H2,1-5H3;2*7-10,13H,6H2,1-5H3;6-9,11-12H,5H2,1-4H3;6-9H,5H2,1-4H3;1H4;1H/t9-,10+,11+,13+;9-,10-,11+,13+;7-,8+,9-,10-,12-;7-,8-,9+,10+,12+;8-,9+,10+,12+;8-,9-,10+,12+;7-,8-,9+,10-;7-,8+,9+,10-;;/m11011100../s1/i;;;;;;;;;1+1D. The van der Waals surface area contributed by atoms with Crippen molar-refractivity contribution in [2.75, 3.05) is 55.9 Å². The Labute approximate surface area is 770 Å². The summed E-state index contributed by atoms with van der Waals surface area (Å²) in [6.07, 6.45) is -3.72. The van der Waals surface area contributed by atoms with E-state index in [-0.39, 0.29) is 147 Å². The highest BCUT2D eigenvalue weighted by atomic mass is 16.9. The van der Waals surface area contributed by atoms with Gasteiger partial charge in [-0.3, -0.25) is 0 Å². The number of hydrogen-bond acceptors (Lipinski definition) is 33. The minimum Gasteiger partial charge on any atom is -0.393 e. The van der Waals surface area contributed by atoms with Gasteiger partial charge in [0.25, 0.3) is 0 Å². The zero-order valence-corrected chi connectivity index (χ0v) is 84.8. The van der Waals surface area contributed by atoms with Crippen LogP contribution in [-0.4, -0.2) is 326 Å². The molecule has 128 heavy (non-hydrogen) atoms. The molecule has 0 spiro atoms. The third kappa shape index (κ3) is 21.5. The van der Waals surface area contributed by atoms with Crippen molar-refractivity contribution in [3.8, 4) is 0 Å². The van der Waals surface area contributed by atoms with Crippen molar-refractivity contribution in [3.05, 3.63) is 0 Å². The lowest BCUT2D eigenvalue weighted by molar-refractivity contribution is -0.259. The molecule has 758 valence electrons. The van der Waals surface area contributed by atoms with E-state index in [2.05, 4.69) is 90.0 Å². The van der Waals surface area contributed by atoms with Gasteiger partial charge in [-0.05, 0) is 185 Å². The highest BCUT2D eigenvalue weighted by Gasteiger charge is 2.70. The molecule has 15 saturated heterocycles. The van der Waals surface area contributed by atoms with Crippen molar-refractivity contribution in [2.24, 2.45) is 35.5 Å². The topological polar surface area (TPSA) is 371 Å². The van der Waals surface area contributed by atoms with Crippen LogP contribution >= 0.6 is 0 Å². The van der Waals surface area contributed by atoms with E-state index in [1.807, 2.05) is 125 Å². The van der Waals surface area contributed by atoms with E-state index in [9.17, 15) is 30.6 Å². The highest BCUT2D eigenvalue weighted by molar-refractivity contribution is 5.13. The molecule has 33 nitrogen and oxygen atoms in total. The summed E-state index contributed by atoms with van der Waals surface area (Å²) in [5, 5.41) is 59.9. The van der Waals surface area contributed by atoms with Crippen molar-refractivity contribution >= 4 is 0 Å². The molecule has 15 fully saturated rings. The predicted octanol–water partition coefficient (Wildman–Crippen LogP) is 12.3. The predicted molar refractivity (Wildman–Crippen MR) is 475 cm³/mol. The maximum absolute atomic E-state index is 10.4. The molecule has 0 amide bonds. The van der Waals surface area contributed by atoms with Gasteiger partial charge in [-0.25, -0.2) is 0 Å². The van der Waals surface area contributed by atoms with Crippen LogP contribution in [0.4, 0.5) is 0 Å². The quantitative estimate of drug-likeness (QED) is 0.0621. The van der Waals surface area contributed by atoms with Crippen molar-refractivity contribution in [1.29, 1.82) is 0 Å². The summed E-state index contributed by atoms with van der Waals surface area (Å²) in [4.78, 5) is 0. The van der Waals surface area contributed by atoms with Gasteiger partial charge in [-0.15, -0.1) is 0 Å². The minimum atomic E-state index is -0.770. The highest BCUT2D eigenvalue weighted by Crippen LogP contribution is 2.55. The van der Waals surface area contributed by atoms with Gasteiger partial charge in [0, 0.05) is 45.6 Å². The van der Waals surface area contributed by atoms with Gasteiger partial charge < -0.3 is 159 Å². The molecule has 0 aliphatic carbocycles. The molecule has 15 aliphatic rings. The summed E-state index contributed by atoms with van der Waals surface area (Å²) in [5.41, 5.74) is -4.15. The van der Waals surface area contributed by atoms with Crippen LogP contribution in [0.1, 0.15) is 284 Å². The Bertz CT molecular complexity index is 3120. The molecule has 15 aliphatic heterocycles. The monoisotopic (exact) mass is 1850 g/mol. The summed E-state index contributed by atoms with van der Waals surface area (Å²) in [5.74, 6) is -2.09. The lowest BCUT2D eigenvalue weighted by atomic mass is 9.82. The van der Waals surface area contributed by atoms with Gasteiger partial charge in [0.15, 0.2) is 72.5 Å². The molecule has 0 aromatic heterocycles. The van der Waals surface area contributed by atoms with E-state index in [1.165, 1.54) is 7.11 Å². The van der Waals surface area contributed by atoms with E-state index in [1.54, 1.807) is 56.3 Å². The number of aliphatic hydroxyl groups excluding tert-OH is 6. The van der Waals surface area contributed by atoms with Gasteiger partial charge in [-0.2, -0.15) is 0 Å². The lowest BCUT2D eigenvalue weighted by Gasteiger charge is -2.38. The molecule has 15 rings (SSSR count). The van der Waals surface area contributed by atoms with Gasteiger partial charge in [0.1, 0.15) is 142 Å². The first-order valence-electron chi connectivity index (χ1n) is 48.1. The molecule has 0 unspecified atom stereocenters. The smallest absolute Gasteiger partial charge is 0.190 e. The average molecular weight is 1850 g/mol. The van der Waals surface area contributed by atoms with Crippen LogP contribution in [0.5, 0.6) is 0 Å². The zero-order chi connectivity index (χ0) is 98.2. The fourth-order valence-corrected chi connectivity index (χ4v) is 22.2. The van der Waals surface area contributed by atoms with Crippen LogP contribution in [0.25, 0.3) is 0 Å². The van der Waals surface area contributed by atoms with Crippen LogP contribution in [0.2, 0.25) is 0 Å². The number of hydrogen-bond donors (Lipinski definition) is 6. The summed E-state index contributed by atoms with van der Waals surface area (Å²) in [6.45, 7) is 67.4. The number of ether oxygens (including phenoxy) is 27. The normalized spacial score (nSPS) is 45.3. The van der Waals surface area contributed by atoms with Crippen LogP contribution in [0.15, 0.2) is 0 Å². The van der Waals surface area contributed by atoms with E-state index >= 15 is 0 Å². The summed E-state index contributed by atoms with van der Waals surface area (Å²) >= 11 is 0. The van der Waals surface area contributed by atoms with Gasteiger partial charge in [0.05, 0.1) is 37.6 Å². The molecule has 0 aromatic rings. The number of rotatable bonds is 21. The maximum Gasteiger partial charge on any atom is 0.190 e. The molecule has 33 heteroatoms. The molecule has 0 saturated carbocycles. The SMILES string of the molecule is C.CC[C@@]1(C(C)C)O[C@@H]2OC(C)(C)O[C@@H]2[C@@H]1O.CC[C@@]1(C(C)C)O[C@@H]2OC(C)(C)O[C@@H]2[C@@H]1OC.CC[C@@]1(C(C)C)O[C@@H]2OC(C)(C)O[C@@H]2[C@H]1O.CC[C@@]1(C(C)C)O[C@@H]2OC(C)(C)O[C@@H]2[C@H]1OC.CC[C@@]1([C@@H](C)O)O[C@@H]2OC(C)(C)O[C@@H]2[C@@H]1OC.CC[C@@]1([C@H](C)O)O[C@@H]2OC(C)(C)O[C@@H]2[C@@H]1OC.CO[C@@H]1[C@@H](O)[C@H](C)O[C@@]1(CO)C(C)C.CO[C@@H]1[C@@H]2OC[C@@]1(C(C)C)O[C@H]2C.[2H][2H]. The Hall–Kier alpha value is -1.32. The first-order valence-corrected chi connectivity index (χ1v) is 47.1. The zero-order valence-electron chi connectivity index (χ0n) is 86.8. The molecule has 0 aromatic carbocycles. The molecule has 34 atom stereocenters. The molecule has 6 N–H and O–H groups in total. The van der Waals surface area contributed by atoms with E-state index in [4.69, 9.17) is 131 Å². The summed E-state index contributed by atoms with van der Waals surface area (Å²) in [7, 11) is 9.93. The van der Waals surface area contributed by atoms with Gasteiger partial charge in [-0.1, -0.05) is 132 Å². The Kier molecular flexibility index (Phi) is 37.4. The van der Waals surface area contributed by atoms with Gasteiger partial charge in [0.2, 0.25) is 0 Å². The third-order valence-electron chi connectivity index (χ3n) is 29.5. The molecule has 15 heterocycles. The molecule has 2 bridgehead atoms. The third-order valence-corrected chi connectivity index (χ3v) is 29.5. The fraction of sp³-hybridized carbons (Fsp3) is 1.00. The Balaban J connectivity index is 0.000000228. The molecular formula is C95H180O33. The van der Waals surface area contributed by atoms with E-state index in [0.29, 0.717) is 37.2 Å². The second kappa shape index (κ2) is 42.8. The van der Waals surface area contributed by atoms with Crippen LogP contribution in [-0.2, 0) is 128 Å². The van der Waals surface area contributed by atoms with E-state index in [0.717, 1.165) is 25.7 Å². The second-order valence-electron chi connectivity index (χ2n) is 41.5. The number of fused-ring (bicyclic) bond motifs is 8. The Morgan fingerprint density at radius 2 is 0.523 bits per heavy atom. The molecule has 0 radical (unpaired) electrons. The maximum atomic E-state index is 10.4. The Morgan fingerprint density at radius 3 is 0.719 bits per heavy atom. The minimum absolute atomic E-state index is 0. The van der Waals surface area contributed by atoms with Crippen molar-refractivity contribution in [3.63, 3.8) is 0 Å². The van der Waals surface area contributed by atoms with Crippen molar-refractivity contribution in [1.82, 2.24) is 0 Å². The van der Waals surface area contributed by atoms with Crippen molar-refractivity contribution < 1.29 is 162 Å². The van der Waals surface area contributed by atoms with E-state index < -0.39 is 125 Å². The first kappa shape index (κ1) is 112. The lowest BCUT2D eigenvalue weighted by Crippen LogP contribution is -2.52. The Morgan fingerprint density at radius 1 is 0.289 bits per heavy atom. The number of methoxy groups -OCH3 is 6. The van der Waals surface area contributed by atoms with Crippen molar-refractivity contribution in [2.45, 2.75) is 521 Å². The van der Waals surface area contributed by atoms with Crippen LogP contribution < -0.4 is 0 Å². The van der Waals surface area contributed by atoms with Crippen LogP contribution in [0, 0.1) is 35.5 Å².